The summed E-state index contributed by atoms with van der Waals surface area (Å²) >= 11 is 0. The third-order valence-electron chi connectivity index (χ3n) is 3.66. The lowest BCUT2D eigenvalue weighted by Gasteiger charge is -2.10. The molecule has 2 aromatic carbocycles. The van der Waals surface area contributed by atoms with Crippen molar-refractivity contribution in [2.45, 2.75) is 31.6 Å². The van der Waals surface area contributed by atoms with E-state index in [1.807, 2.05) is 13.8 Å². The predicted molar refractivity (Wildman–Crippen MR) is 107 cm³/mol. The van der Waals surface area contributed by atoms with Crippen LogP contribution in [0.5, 0.6) is 5.75 Å². The number of rotatable bonds is 9. The van der Waals surface area contributed by atoms with Crippen molar-refractivity contribution < 1.29 is 17.9 Å². The molecule has 0 unspecified atom stereocenters. The SMILES string of the molecule is CCCCNC(=O)Nc1ccc(S(=O)(=O)Nc2ccc(OCC)cc2)cc1. The highest BCUT2D eigenvalue weighted by Crippen LogP contribution is 2.20. The van der Waals surface area contributed by atoms with Gasteiger partial charge in [0.25, 0.3) is 10.0 Å². The van der Waals surface area contributed by atoms with Crippen LogP contribution in [-0.4, -0.2) is 27.6 Å². The maximum absolute atomic E-state index is 12.5. The maximum atomic E-state index is 12.5. The van der Waals surface area contributed by atoms with Crippen molar-refractivity contribution in [1.82, 2.24) is 5.32 Å². The van der Waals surface area contributed by atoms with E-state index >= 15 is 0 Å². The van der Waals surface area contributed by atoms with E-state index in [1.54, 1.807) is 36.4 Å². The normalized spacial score (nSPS) is 10.9. The minimum absolute atomic E-state index is 0.105. The van der Waals surface area contributed by atoms with Crippen LogP contribution in [0.1, 0.15) is 26.7 Å². The number of anilines is 2. The van der Waals surface area contributed by atoms with E-state index < -0.39 is 10.0 Å². The highest BCUT2D eigenvalue weighted by atomic mass is 32.2. The standard InChI is InChI=1S/C19H25N3O4S/c1-3-5-14-20-19(23)21-15-8-12-18(13-9-15)27(24,25)22-16-6-10-17(11-7-16)26-4-2/h6-13,22H,3-5,14H2,1-2H3,(H2,20,21,23). The van der Waals surface area contributed by atoms with Gasteiger partial charge in [-0.2, -0.15) is 0 Å². The minimum atomic E-state index is -3.72. The van der Waals surface area contributed by atoms with Crippen LogP contribution in [0.4, 0.5) is 16.2 Å². The molecule has 0 spiro atoms. The Morgan fingerprint density at radius 2 is 1.59 bits per heavy atom. The molecule has 0 heterocycles. The molecule has 0 aliphatic heterocycles. The second kappa shape index (κ2) is 9.82. The molecule has 0 aliphatic carbocycles. The Kier molecular flexibility index (Phi) is 7.48. The zero-order valence-corrected chi connectivity index (χ0v) is 16.3. The molecule has 8 heteroatoms. The van der Waals surface area contributed by atoms with Gasteiger partial charge in [-0.25, -0.2) is 13.2 Å². The Labute approximate surface area is 160 Å². The molecule has 0 atom stereocenters. The van der Waals surface area contributed by atoms with Gasteiger partial charge in [0.05, 0.1) is 11.5 Å². The maximum Gasteiger partial charge on any atom is 0.319 e. The number of hydrogen-bond donors (Lipinski definition) is 3. The van der Waals surface area contributed by atoms with Gasteiger partial charge >= 0.3 is 6.03 Å². The van der Waals surface area contributed by atoms with E-state index in [9.17, 15) is 13.2 Å². The molecule has 146 valence electrons. The zero-order chi connectivity index (χ0) is 19.7. The number of amides is 2. The van der Waals surface area contributed by atoms with Crippen LogP contribution in [0.2, 0.25) is 0 Å². The van der Waals surface area contributed by atoms with Crippen molar-refractivity contribution >= 4 is 27.4 Å². The summed E-state index contributed by atoms with van der Waals surface area (Å²) in [6, 6.07) is 12.3. The van der Waals surface area contributed by atoms with Gasteiger partial charge in [0, 0.05) is 17.9 Å². The summed E-state index contributed by atoms with van der Waals surface area (Å²) in [7, 11) is -3.72. The first kappa shape index (κ1) is 20.6. The molecule has 0 bridgehead atoms. The van der Waals surface area contributed by atoms with Gasteiger partial charge in [-0.05, 0) is 61.9 Å². The van der Waals surface area contributed by atoms with E-state index in [1.165, 1.54) is 12.1 Å². The van der Waals surface area contributed by atoms with Crippen LogP contribution in [0, 0.1) is 0 Å². The first-order valence-electron chi connectivity index (χ1n) is 8.85. The van der Waals surface area contributed by atoms with Crippen LogP contribution in [0.25, 0.3) is 0 Å². The van der Waals surface area contributed by atoms with Crippen molar-refractivity contribution in [1.29, 1.82) is 0 Å². The summed E-state index contributed by atoms with van der Waals surface area (Å²) in [5.41, 5.74) is 0.958. The number of carbonyl (C=O) groups is 1. The number of hydrogen-bond acceptors (Lipinski definition) is 4. The Bertz CT molecular complexity index is 834. The molecule has 27 heavy (non-hydrogen) atoms. The van der Waals surface area contributed by atoms with Crippen molar-refractivity contribution in [2.75, 3.05) is 23.2 Å². The third kappa shape index (κ3) is 6.49. The molecule has 3 N–H and O–H groups in total. The van der Waals surface area contributed by atoms with Crippen molar-refractivity contribution in [3.63, 3.8) is 0 Å². The number of sulfonamides is 1. The topological polar surface area (TPSA) is 96.5 Å². The smallest absolute Gasteiger partial charge is 0.319 e. The molecule has 0 saturated carbocycles. The molecule has 7 nitrogen and oxygen atoms in total. The van der Waals surface area contributed by atoms with E-state index in [4.69, 9.17) is 4.74 Å². The molecular weight excluding hydrogens is 366 g/mol. The monoisotopic (exact) mass is 391 g/mol. The van der Waals surface area contributed by atoms with E-state index in [-0.39, 0.29) is 10.9 Å². The van der Waals surface area contributed by atoms with Gasteiger partial charge in [0.1, 0.15) is 5.75 Å². The zero-order valence-electron chi connectivity index (χ0n) is 15.5. The van der Waals surface area contributed by atoms with E-state index in [0.717, 1.165) is 12.8 Å². The molecule has 0 radical (unpaired) electrons. The van der Waals surface area contributed by atoms with Crippen molar-refractivity contribution in [3.05, 3.63) is 48.5 Å². The van der Waals surface area contributed by atoms with E-state index in [0.29, 0.717) is 30.3 Å². The molecule has 0 aliphatic rings. The lowest BCUT2D eigenvalue weighted by Crippen LogP contribution is -2.29. The first-order valence-corrected chi connectivity index (χ1v) is 10.3. The number of benzene rings is 2. The minimum Gasteiger partial charge on any atom is -0.494 e. The Hall–Kier alpha value is -2.74. The number of unbranched alkanes of at least 4 members (excludes halogenated alkanes) is 1. The van der Waals surface area contributed by atoms with Crippen molar-refractivity contribution in [2.24, 2.45) is 0 Å². The quantitative estimate of drug-likeness (QED) is 0.566. The Morgan fingerprint density at radius 3 is 2.19 bits per heavy atom. The first-order chi connectivity index (χ1) is 12.9. The summed E-state index contributed by atoms with van der Waals surface area (Å²) in [6.45, 7) is 5.06. The van der Waals surface area contributed by atoms with Crippen LogP contribution < -0.4 is 20.1 Å². The molecule has 0 saturated heterocycles. The summed E-state index contributed by atoms with van der Waals surface area (Å²) in [6.07, 6.45) is 1.90. The summed E-state index contributed by atoms with van der Waals surface area (Å²) < 4.78 is 32.8. The number of nitrogens with one attached hydrogen (secondary N) is 3. The van der Waals surface area contributed by atoms with Crippen LogP contribution in [-0.2, 0) is 10.0 Å². The van der Waals surface area contributed by atoms with Gasteiger partial charge in [-0.15, -0.1) is 0 Å². The lowest BCUT2D eigenvalue weighted by atomic mass is 10.3. The fourth-order valence-corrected chi connectivity index (χ4v) is 3.33. The third-order valence-corrected chi connectivity index (χ3v) is 5.05. The van der Waals surface area contributed by atoms with Gasteiger partial charge < -0.3 is 15.4 Å². The fraction of sp³-hybridized carbons (Fsp3) is 0.316. The summed E-state index contributed by atoms with van der Waals surface area (Å²) in [5, 5.41) is 5.40. The highest BCUT2D eigenvalue weighted by Gasteiger charge is 2.14. The largest absolute Gasteiger partial charge is 0.494 e. The molecule has 2 rings (SSSR count). The summed E-state index contributed by atoms with van der Waals surface area (Å²) in [5.74, 6) is 0.674. The van der Waals surface area contributed by atoms with Crippen LogP contribution in [0.15, 0.2) is 53.4 Å². The van der Waals surface area contributed by atoms with E-state index in [2.05, 4.69) is 15.4 Å². The van der Waals surface area contributed by atoms with Crippen molar-refractivity contribution in [3.8, 4) is 5.75 Å². The molecular formula is C19H25N3O4S. The van der Waals surface area contributed by atoms with Gasteiger partial charge in [0.2, 0.25) is 0 Å². The average Bonchev–Trinajstić information content (AvgIpc) is 2.64. The van der Waals surface area contributed by atoms with Crippen LogP contribution in [0.3, 0.4) is 0 Å². The molecule has 0 aromatic heterocycles. The lowest BCUT2D eigenvalue weighted by molar-refractivity contribution is 0.252. The fourth-order valence-electron chi connectivity index (χ4n) is 2.27. The Morgan fingerprint density at radius 1 is 0.963 bits per heavy atom. The summed E-state index contributed by atoms with van der Waals surface area (Å²) in [4.78, 5) is 11.8. The van der Waals surface area contributed by atoms with Gasteiger partial charge in [-0.1, -0.05) is 13.3 Å². The second-order valence-corrected chi connectivity index (χ2v) is 7.50. The number of carbonyl (C=O) groups excluding carboxylic acids is 1. The second-order valence-electron chi connectivity index (χ2n) is 5.82. The predicted octanol–water partition coefficient (Wildman–Crippen LogP) is 3.81. The van der Waals surface area contributed by atoms with Crippen LogP contribution >= 0.6 is 0 Å². The molecule has 2 aromatic rings. The average molecular weight is 391 g/mol. The van der Waals surface area contributed by atoms with Gasteiger partial charge in [0.15, 0.2) is 0 Å². The molecule has 0 fully saturated rings. The van der Waals surface area contributed by atoms with Gasteiger partial charge in [-0.3, -0.25) is 4.72 Å². The highest BCUT2D eigenvalue weighted by molar-refractivity contribution is 7.92. The Balaban J connectivity index is 1.98. The number of urea groups is 1. The number of ether oxygens (including phenoxy) is 1. The molecule has 2 amide bonds.